The molecule has 16 aromatic rings. The summed E-state index contributed by atoms with van der Waals surface area (Å²) in [4.78, 5) is 79.9. The van der Waals surface area contributed by atoms with Gasteiger partial charge in [0.15, 0.2) is 40.3 Å². The maximum absolute atomic E-state index is 12.3. The average Bonchev–Trinajstić information content (AvgIpc) is 1.75. The van der Waals surface area contributed by atoms with Crippen LogP contribution in [0.5, 0.6) is 40.2 Å². The van der Waals surface area contributed by atoms with E-state index in [0.29, 0.717) is 86.7 Å². The largest absolute Gasteiger partial charge is 0.454 e. The molecule has 20 rings (SSSR count). The summed E-state index contributed by atoms with van der Waals surface area (Å²) in [6.45, 7) is 20.8. The Kier molecular flexibility index (Phi) is 38.1. The number of imidazole rings is 5. The van der Waals surface area contributed by atoms with Crippen molar-refractivity contribution in [3.63, 3.8) is 0 Å². The molecule has 13 heterocycles. The van der Waals surface area contributed by atoms with Crippen molar-refractivity contribution in [1.82, 2.24) is 115 Å². The summed E-state index contributed by atoms with van der Waals surface area (Å²) in [5.41, 5.74) is 8.30. The fourth-order valence-corrected chi connectivity index (χ4v) is 19.9. The Morgan fingerprint density at radius 2 is 0.808 bits per heavy atom. The zero-order valence-electron chi connectivity index (χ0n) is 82.4. The lowest BCUT2D eigenvalue weighted by molar-refractivity contribution is -0.131. The minimum Gasteiger partial charge on any atom is -0.454 e. The third kappa shape index (κ3) is 31.5. The van der Waals surface area contributed by atoms with Gasteiger partial charge in [0.1, 0.15) is 37.4 Å². The number of esters is 1. The highest BCUT2D eigenvalue weighted by atomic mass is 32.2. The molecule has 146 heavy (non-hydrogen) atoms. The number of aryl methyl sites for hydroxylation is 3. The van der Waals surface area contributed by atoms with E-state index in [1.165, 1.54) is 112 Å². The molecule has 0 bridgehead atoms. The number of fused-ring (bicyclic) bond motifs is 3. The summed E-state index contributed by atoms with van der Waals surface area (Å²) < 4.78 is 95.5. The second kappa shape index (κ2) is 53.1. The lowest BCUT2D eigenvalue weighted by atomic mass is 10.1. The number of rotatable bonds is 48. The lowest BCUT2D eigenvalue weighted by Crippen LogP contribution is -2.28. The minimum atomic E-state index is -3.47. The van der Waals surface area contributed by atoms with Crippen molar-refractivity contribution in [3.05, 3.63) is 260 Å². The van der Waals surface area contributed by atoms with Gasteiger partial charge in [0.05, 0.1) is 11.4 Å². The molecule has 0 amide bonds. The second-order valence-corrected chi connectivity index (χ2v) is 40.4. The number of likely N-dealkylation sites (N-methyl/N-ethyl adjacent to an activating group) is 1. The number of benzene rings is 6. The van der Waals surface area contributed by atoms with Crippen LogP contribution in [0.2, 0.25) is 0 Å². The number of hydrogen-bond acceptors (Lipinski definition) is 39. The van der Waals surface area contributed by atoms with Gasteiger partial charge in [-0.15, -0.1) is 0 Å². The van der Waals surface area contributed by atoms with E-state index in [1.807, 2.05) is 124 Å². The average molecular weight is 2100 g/mol. The van der Waals surface area contributed by atoms with Crippen molar-refractivity contribution in [1.29, 1.82) is 0 Å². The molecule has 1 aliphatic carbocycles. The standard InChI is InChI=1S/C26H30N6O2S.C21H26N6O2S.C19H24N6O2S.C18H19N5O3S.C16H20N6O2S2/c1-20-5-7-22(8-6-20)17-31(18-23-9-11-24(12-10-23)34-21(2)33)15-4-14-30(3)26-28-25(29-35-26)32-16-13-27-19-32;1(7-22-13-17-4-5-18-19(12-17)29-15-28-18)9-26(10-6-16-2-3-16)21-24-20(25-30-21)27-11-8-23-14-27;1-2-8-24(19-22-18(23-28-19)25-10-7-21-13-25)9-3-6-20-12-15-4-5-16-17(11-15)27-14-26-16;1-22(18-20-17(21-27-18)23-8-7-19-11-23)10-14(24)4-2-3-13-5-6-15-16(9-13)26-12-25-15;1-13-4-6-14(7-5-13)26(23,24)18-8-3-10-21(2)16-19-15(20-25-16)22-11-9-17-12-22/h5-13,16,19H,4,14-15,17-18H2,1-3H3;4-5,8,11-12,14,16,22H,1-3,6-7,9-10,13,15H2;4-5,7,10-11,13,20H,2-3,6,8-9,12,14H2,1H3;5-9,11H,2-4,10,12H2,1H3;4-7,9,11-12,18H,3,8,10H2,1-2H3. The summed E-state index contributed by atoms with van der Waals surface area (Å²) in [5, 5.41) is 11.4. The highest BCUT2D eigenvalue weighted by molar-refractivity contribution is 7.89. The van der Waals surface area contributed by atoms with Crippen LogP contribution in [0.3, 0.4) is 0 Å². The maximum Gasteiger partial charge on any atom is 0.308 e. The van der Waals surface area contributed by atoms with Gasteiger partial charge < -0.3 is 68.3 Å². The summed E-state index contributed by atoms with van der Waals surface area (Å²) in [6, 6.07) is 41.3. The molecule has 0 spiro atoms. The van der Waals surface area contributed by atoms with Gasteiger partial charge in [0, 0.05) is 233 Å². The number of Topliss-reactive ketones (excluding diaryl/α,β-unsaturated/α-hetero) is 1. The third-order valence-electron chi connectivity index (χ3n) is 23.5. The van der Waals surface area contributed by atoms with E-state index < -0.39 is 10.0 Å². The highest BCUT2D eigenvalue weighted by Gasteiger charge is 2.26. The van der Waals surface area contributed by atoms with Crippen LogP contribution in [0.4, 0.5) is 25.7 Å². The van der Waals surface area contributed by atoms with Gasteiger partial charge in [-0.25, -0.2) is 38.1 Å². The van der Waals surface area contributed by atoms with E-state index in [1.54, 1.807) is 108 Å². The predicted molar refractivity (Wildman–Crippen MR) is 564 cm³/mol. The molecule has 40 nitrogen and oxygen atoms in total. The second-order valence-electron chi connectivity index (χ2n) is 35.0. The molecule has 0 atom stereocenters. The van der Waals surface area contributed by atoms with Crippen LogP contribution in [-0.4, -0.2) is 233 Å². The lowest BCUT2D eigenvalue weighted by Gasteiger charge is -2.24. The molecule has 766 valence electrons. The van der Waals surface area contributed by atoms with E-state index in [9.17, 15) is 18.0 Å². The molecule has 10 aromatic heterocycles. The van der Waals surface area contributed by atoms with Crippen LogP contribution in [-0.2, 0) is 52.2 Å². The van der Waals surface area contributed by atoms with Gasteiger partial charge in [-0.05, 0) is 173 Å². The molecular formula is C100H119N29O11S6. The van der Waals surface area contributed by atoms with Crippen molar-refractivity contribution in [2.24, 2.45) is 5.92 Å². The fourth-order valence-electron chi connectivity index (χ4n) is 15.4. The molecule has 1 fully saturated rings. The summed E-state index contributed by atoms with van der Waals surface area (Å²) >= 11 is 6.86. The van der Waals surface area contributed by atoms with Gasteiger partial charge in [0.2, 0.25) is 85.8 Å². The number of nitrogens with one attached hydrogen (secondary N) is 3. The zero-order chi connectivity index (χ0) is 101. The predicted octanol–water partition coefficient (Wildman–Crippen LogP) is 14.9. The number of ketones is 1. The fraction of sp³-hybridized carbons (Fsp3) is 0.370. The number of anilines is 5. The topological polar surface area (TPSA) is 406 Å². The van der Waals surface area contributed by atoms with Crippen molar-refractivity contribution in [2.45, 2.75) is 129 Å². The number of hydrogen-bond donors (Lipinski definition) is 3. The van der Waals surface area contributed by atoms with Crippen LogP contribution >= 0.6 is 57.7 Å². The van der Waals surface area contributed by atoms with Gasteiger partial charge in [-0.1, -0.05) is 97.6 Å². The first-order valence-corrected chi connectivity index (χ1v) is 53.6. The molecule has 1 saturated carbocycles. The van der Waals surface area contributed by atoms with E-state index >= 15 is 0 Å². The summed E-state index contributed by atoms with van der Waals surface area (Å²) in [5.74, 6) is 9.39. The molecule has 3 N–H and O–H groups in total. The van der Waals surface area contributed by atoms with Crippen molar-refractivity contribution in [2.75, 3.05) is 138 Å². The van der Waals surface area contributed by atoms with E-state index in [2.05, 4.69) is 165 Å². The number of sulfonamides is 1. The zero-order valence-corrected chi connectivity index (χ0v) is 87.3. The number of ether oxygens (including phenoxy) is 7. The van der Waals surface area contributed by atoms with Crippen molar-refractivity contribution >= 4 is 105 Å². The number of carbonyl (C=O) groups excluding carboxylic acids is 2. The monoisotopic (exact) mass is 2090 g/mol. The maximum atomic E-state index is 12.3. The van der Waals surface area contributed by atoms with Crippen molar-refractivity contribution in [3.8, 4) is 70.0 Å². The van der Waals surface area contributed by atoms with Crippen LogP contribution in [0.1, 0.15) is 117 Å². The van der Waals surface area contributed by atoms with Gasteiger partial charge in [0.25, 0.3) is 0 Å². The first-order valence-electron chi connectivity index (χ1n) is 48.2. The van der Waals surface area contributed by atoms with Crippen LogP contribution < -0.4 is 73.0 Å². The molecule has 6 aromatic carbocycles. The van der Waals surface area contributed by atoms with E-state index in [-0.39, 0.29) is 23.4 Å². The summed E-state index contributed by atoms with van der Waals surface area (Å²) in [6.07, 6.45) is 37.1. The van der Waals surface area contributed by atoms with E-state index in [0.717, 1.165) is 189 Å². The SMILES string of the molecule is CC(=O)Oc1ccc(CN(CCCN(C)c2nc(-n3ccnc3)ns2)Cc2ccc(C)cc2)cc1.CCCN(CCCNCc1ccc2c(c1)OCO2)c1nc(-n2ccnc2)ns1.CN(CC(=O)CCCc1ccc2c(c1)OCO2)c1nc(-n2ccnc2)ns1.Cc1ccc(S(=O)(=O)NCCCN(C)c2nc(-n3ccnc3)ns2)cc1.c1cn(-c2nsc(N(CCCNCc3ccc4c(c3)OCO4)CCC3CC3)n2)cn1. The summed E-state index contributed by atoms with van der Waals surface area (Å²) in [7, 11) is 2.35. The first kappa shape index (κ1) is 105. The van der Waals surface area contributed by atoms with Gasteiger partial charge in [-0.2, -0.15) is 46.8 Å². The molecule has 0 unspecified atom stereocenters. The number of aromatic nitrogens is 20. The van der Waals surface area contributed by atoms with Gasteiger partial charge in [-0.3, -0.25) is 37.3 Å². The Morgan fingerprint density at radius 3 is 1.24 bits per heavy atom. The molecule has 0 radical (unpaired) electrons. The first-order chi connectivity index (χ1) is 71.3. The number of carbonyl (C=O) groups is 2. The Labute approximate surface area is 868 Å². The van der Waals surface area contributed by atoms with Gasteiger partial charge >= 0.3 is 5.97 Å². The Bertz CT molecular complexity index is 6770. The normalized spacial score (nSPS) is 12.5. The quantitative estimate of drug-likeness (QED) is 0.0181. The van der Waals surface area contributed by atoms with Crippen molar-refractivity contribution < 1.29 is 51.2 Å². The smallest absolute Gasteiger partial charge is 0.308 e. The minimum absolute atomic E-state index is 0.178. The Balaban J connectivity index is 0.000000131. The number of nitrogens with zero attached hydrogens (tertiary/aromatic N) is 26. The van der Waals surface area contributed by atoms with Crippen LogP contribution in [0, 0.1) is 19.8 Å². The molecule has 0 saturated heterocycles. The van der Waals surface area contributed by atoms with Crippen LogP contribution in [0.25, 0.3) is 29.7 Å². The molecule has 46 heteroatoms. The molecule has 4 aliphatic rings. The highest BCUT2D eigenvalue weighted by Crippen LogP contribution is 2.37. The van der Waals surface area contributed by atoms with E-state index in [4.69, 9.17) is 38.1 Å². The molecule has 3 aliphatic heterocycles. The van der Waals surface area contributed by atoms with Crippen LogP contribution in [0.15, 0.2) is 226 Å². The third-order valence-corrected chi connectivity index (χ3v) is 28.9. The Morgan fingerprint density at radius 1 is 0.425 bits per heavy atom. The molecular weight excluding hydrogens is 1980 g/mol. The Hall–Kier alpha value is -14.1.